The van der Waals surface area contributed by atoms with Crippen LogP contribution in [0.1, 0.15) is 0 Å². The molecule has 0 aliphatic carbocycles. The fourth-order valence-electron chi connectivity index (χ4n) is 1.16. The van der Waals surface area contributed by atoms with Crippen LogP contribution in [0.15, 0.2) is 24.7 Å². The highest BCUT2D eigenvalue weighted by Crippen LogP contribution is 2.22. The van der Waals surface area contributed by atoms with Crippen molar-refractivity contribution >= 4 is 5.95 Å². The molecule has 0 amide bonds. The molecule has 0 bridgehead atoms. The second kappa shape index (κ2) is 3.87. The zero-order valence-electron chi connectivity index (χ0n) is 8.08. The Kier molecular flexibility index (Phi) is 2.40. The fourth-order valence-corrected chi connectivity index (χ4v) is 1.16. The molecule has 0 spiro atoms. The molecule has 2 heterocycles. The van der Waals surface area contributed by atoms with E-state index in [1.165, 1.54) is 7.11 Å². The van der Waals surface area contributed by atoms with Crippen LogP contribution in [0.2, 0.25) is 0 Å². The molecular weight excluding hydrogens is 194 g/mol. The Morgan fingerprint density at radius 1 is 1.13 bits per heavy atom. The standard InChI is InChI=1S/C9H9N5O/c1-15-8-7(11-4-5-12-8)6-2-3-13-9(10)14-6/h2-5H,1H3,(H2,10,13,14). The van der Waals surface area contributed by atoms with E-state index < -0.39 is 0 Å². The van der Waals surface area contributed by atoms with E-state index in [-0.39, 0.29) is 5.95 Å². The lowest BCUT2D eigenvalue weighted by atomic mass is 10.3. The minimum atomic E-state index is 0.195. The molecule has 2 aromatic heterocycles. The van der Waals surface area contributed by atoms with Crippen LogP contribution < -0.4 is 10.5 Å². The Labute approximate surface area is 86.2 Å². The van der Waals surface area contributed by atoms with E-state index in [4.69, 9.17) is 10.5 Å². The van der Waals surface area contributed by atoms with Gasteiger partial charge in [0.1, 0.15) is 0 Å². The molecule has 2 N–H and O–H groups in total. The van der Waals surface area contributed by atoms with Gasteiger partial charge >= 0.3 is 0 Å². The number of rotatable bonds is 2. The number of anilines is 1. The molecule has 0 aromatic carbocycles. The van der Waals surface area contributed by atoms with E-state index >= 15 is 0 Å². The Bertz CT molecular complexity index is 474. The molecule has 6 nitrogen and oxygen atoms in total. The van der Waals surface area contributed by atoms with Crippen molar-refractivity contribution in [2.24, 2.45) is 0 Å². The molecule has 0 saturated carbocycles. The Balaban J connectivity index is 2.53. The zero-order valence-corrected chi connectivity index (χ0v) is 8.08. The first kappa shape index (κ1) is 9.32. The molecule has 0 saturated heterocycles. The van der Waals surface area contributed by atoms with Gasteiger partial charge in [-0.3, -0.25) is 0 Å². The van der Waals surface area contributed by atoms with Crippen LogP contribution in [0, 0.1) is 0 Å². The Hall–Kier alpha value is -2.24. The Morgan fingerprint density at radius 3 is 2.67 bits per heavy atom. The van der Waals surface area contributed by atoms with Gasteiger partial charge in [0, 0.05) is 18.6 Å². The molecule has 2 rings (SSSR count). The summed E-state index contributed by atoms with van der Waals surface area (Å²) in [6, 6.07) is 1.70. The van der Waals surface area contributed by atoms with E-state index in [1.54, 1.807) is 24.7 Å². The number of aromatic nitrogens is 4. The van der Waals surface area contributed by atoms with Gasteiger partial charge in [-0.05, 0) is 6.07 Å². The molecule has 0 unspecified atom stereocenters. The number of hydrogen-bond acceptors (Lipinski definition) is 6. The summed E-state index contributed by atoms with van der Waals surface area (Å²) in [5, 5.41) is 0. The first-order valence-electron chi connectivity index (χ1n) is 4.25. The first-order chi connectivity index (χ1) is 7.31. The van der Waals surface area contributed by atoms with Crippen molar-refractivity contribution in [3.8, 4) is 17.3 Å². The second-order valence-electron chi connectivity index (χ2n) is 2.71. The third-order valence-electron chi connectivity index (χ3n) is 1.77. The predicted molar refractivity (Wildman–Crippen MR) is 54.0 cm³/mol. The van der Waals surface area contributed by atoms with E-state index in [0.29, 0.717) is 17.3 Å². The van der Waals surface area contributed by atoms with Gasteiger partial charge in [-0.15, -0.1) is 0 Å². The fraction of sp³-hybridized carbons (Fsp3) is 0.111. The van der Waals surface area contributed by atoms with Gasteiger partial charge in [-0.1, -0.05) is 0 Å². The van der Waals surface area contributed by atoms with Crippen LogP contribution >= 0.6 is 0 Å². The molecule has 0 atom stereocenters. The number of nitrogens with zero attached hydrogens (tertiary/aromatic N) is 4. The first-order valence-corrected chi connectivity index (χ1v) is 4.25. The van der Waals surface area contributed by atoms with Crippen LogP contribution in [0.5, 0.6) is 5.88 Å². The minimum absolute atomic E-state index is 0.195. The summed E-state index contributed by atoms with van der Waals surface area (Å²) < 4.78 is 5.06. The SMILES string of the molecule is COc1nccnc1-c1ccnc(N)n1. The summed E-state index contributed by atoms with van der Waals surface area (Å²) in [7, 11) is 1.53. The lowest BCUT2D eigenvalue weighted by Crippen LogP contribution is -1.99. The van der Waals surface area contributed by atoms with Crippen molar-refractivity contribution in [3.63, 3.8) is 0 Å². The van der Waals surface area contributed by atoms with Gasteiger partial charge < -0.3 is 10.5 Å². The number of hydrogen-bond donors (Lipinski definition) is 1. The molecule has 0 fully saturated rings. The molecule has 2 aromatic rings. The number of nitrogen functional groups attached to an aromatic ring is 1. The lowest BCUT2D eigenvalue weighted by Gasteiger charge is -2.04. The van der Waals surface area contributed by atoms with Crippen molar-refractivity contribution in [2.45, 2.75) is 0 Å². The highest BCUT2D eigenvalue weighted by Gasteiger charge is 2.09. The van der Waals surface area contributed by atoms with E-state index in [9.17, 15) is 0 Å². The van der Waals surface area contributed by atoms with Crippen LogP contribution in [0.25, 0.3) is 11.4 Å². The van der Waals surface area contributed by atoms with E-state index in [2.05, 4.69) is 19.9 Å². The van der Waals surface area contributed by atoms with Gasteiger partial charge in [0.25, 0.3) is 0 Å². The van der Waals surface area contributed by atoms with Crippen LogP contribution in [-0.4, -0.2) is 27.0 Å². The lowest BCUT2D eigenvalue weighted by molar-refractivity contribution is 0.397. The average molecular weight is 203 g/mol. The molecular formula is C9H9N5O. The molecule has 15 heavy (non-hydrogen) atoms. The summed E-state index contributed by atoms with van der Waals surface area (Å²) >= 11 is 0. The third-order valence-corrected chi connectivity index (χ3v) is 1.77. The van der Waals surface area contributed by atoms with Crippen molar-refractivity contribution in [3.05, 3.63) is 24.7 Å². The summed E-state index contributed by atoms with van der Waals surface area (Å²) in [4.78, 5) is 16.0. The minimum Gasteiger partial charge on any atom is -0.479 e. The molecule has 76 valence electrons. The highest BCUT2D eigenvalue weighted by atomic mass is 16.5. The monoisotopic (exact) mass is 203 g/mol. The topological polar surface area (TPSA) is 86.8 Å². The number of nitrogens with two attached hydrogens (primary N) is 1. The summed E-state index contributed by atoms with van der Waals surface area (Å²) in [5.41, 5.74) is 6.62. The second-order valence-corrected chi connectivity index (χ2v) is 2.71. The molecule has 0 aliphatic heterocycles. The summed E-state index contributed by atoms with van der Waals surface area (Å²) in [5.74, 6) is 0.607. The molecule has 6 heteroatoms. The largest absolute Gasteiger partial charge is 0.479 e. The Morgan fingerprint density at radius 2 is 1.93 bits per heavy atom. The number of methoxy groups -OCH3 is 1. The van der Waals surface area contributed by atoms with Crippen molar-refractivity contribution in [1.29, 1.82) is 0 Å². The van der Waals surface area contributed by atoms with E-state index in [1.807, 2.05) is 0 Å². The van der Waals surface area contributed by atoms with Gasteiger partial charge in [-0.2, -0.15) is 0 Å². The van der Waals surface area contributed by atoms with E-state index in [0.717, 1.165) is 0 Å². The maximum absolute atomic E-state index is 5.48. The van der Waals surface area contributed by atoms with Crippen molar-refractivity contribution in [1.82, 2.24) is 19.9 Å². The molecule has 0 aliphatic rings. The maximum atomic E-state index is 5.48. The third kappa shape index (κ3) is 1.83. The zero-order chi connectivity index (χ0) is 10.7. The van der Waals surface area contributed by atoms with Crippen LogP contribution in [0.3, 0.4) is 0 Å². The van der Waals surface area contributed by atoms with Crippen molar-refractivity contribution < 1.29 is 4.74 Å². The summed E-state index contributed by atoms with van der Waals surface area (Å²) in [6.45, 7) is 0. The van der Waals surface area contributed by atoms with Gasteiger partial charge in [0.2, 0.25) is 11.8 Å². The quantitative estimate of drug-likeness (QED) is 0.765. The average Bonchev–Trinajstić information content (AvgIpc) is 2.29. The maximum Gasteiger partial charge on any atom is 0.241 e. The predicted octanol–water partition coefficient (Wildman–Crippen LogP) is 0.524. The highest BCUT2D eigenvalue weighted by molar-refractivity contribution is 5.60. The molecule has 0 radical (unpaired) electrons. The number of ether oxygens (including phenoxy) is 1. The van der Waals surface area contributed by atoms with Gasteiger partial charge in [0.15, 0.2) is 5.69 Å². The van der Waals surface area contributed by atoms with Gasteiger partial charge in [-0.25, -0.2) is 19.9 Å². The summed E-state index contributed by atoms with van der Waals surface area (Å²) in [6.07, 6.45) is 4.68. The van der Waals surface area contributed by atoms with Crippen LogP contribution in [-0.2, 0) is 0 Å². The van der Waals surface area contributed by atoms with Crippen molar-refractivity contribution in [2.75, 3.05) is 12.8 Å². The van der Waals surface area contributed by atoms with Gasteiger partial charge in [0.05, 0.1) is 12.8 Å². The normalized spacial score (nSPS) is 9.93. The smallest absolute Gasteiger partial charge is 0.241 e. The van der Waals surface area contributed by atoms with Crippen LogP contribution in [0.4, 0.5) is 5.95 Å².